The maximum absolute atomic E-state index is 11.6. The highest BCUT2D eigenvalue weighted by Crippen LogP contribution is 2.09. The zero-order valence-corrected chi connectivity index (χ0v) is 10.9. The second-order valence-corrected chi connectivity index (χ2v) is 4.18. The number of thiocarbonyl (C=S) groups is 1. The van der Waals surface area contributed by atoms with Gasteiger partial charge in [0.2, 0.25) is 0 Å². The minimum absolute atomic E-state index is 0.0921. The van der Waals surface area contributed by atoms with Crippen molar-refractivity contribution in [2.24, 2.45) is 0 Å². The van der Waals surface area contributed by atoms with Gasteiger partial charge in [-0.3, -0.25) is 10.1 Å². The molecule has 6 nitrogen and oxygen atoms in total. The fraction of sp³-hybridized carbons (Fsp3) is 0. The summed E-state index contributed by atoms with van der Waals surface area (Å²) in [6, 6.07) is 9.07. The lowest BCUT2D eigenvalue weighted by Crippen LogP contribution is -2.33. The molecule has 0 aliphatic heterocycles. The molecule has 7 heteroatoms. The minimum atomic E-state index is -1.01. The van der Waals surface area contributed by atoms with Gasteiger partial charge in [0.25, 0.3) is 5.91 Å². The van der Waals surface area contributed by atoms with Crippen molar-refractivity contribution in [1.82, 2.24) is 5.32 Å². The number of hydrogen-bond acceptors (Lipinski definition) is 4. The van der Waals surface area contributed by atoms with E-state index in [0.29, 0.717) is 5.69 Å². The third-order valence-electron chi connectivity index (χ3n) is 2.36. The van der Waals surface area contributed by atoms with Crippen molar-refractivity contribution in [3.63, 3.8) is 0 Å². The Morgan fingerprint density at radius 2 is 1.85 bits per heavy atom. The van der Waals surface area contributed by atoms with Crippen LogP contribution in [-0.2, 0) is 0 Å². The van der Waals surface area contributed by atoms with Crippen molar-refractivity contribution in [2.45, 2.75) is 0 Å². The lowest BCUT2D eigenvalue weighted by Gasteiger charge is -2.08. The molecule has 102 valence electrons. The van der Waals surface area contributed by atoms with Crippen LogP contribution >= 0.6 is 12.2 Å². The molecule has 0 aliphatic rings. The van der Waals surface area contributed by atoms with Crippen molar-refractivity contribution in [2.75, 3.05) is 5.32 Å². The van der Waals surface area contributed by atoms with Crippen LogP contribution in [0.2, 0.25) is 0 Å². The van der Waals surface area contributed by atoms with Gasteiger partial charge in [-0.2, -0.15) is 0 Å². The molecule has 0 aliphatic carbocycles. The van der Waals surface area contributed by atoms with Gasteiger partial charge >= 0.3 is 5.97 Å². The molecule has 1 amide bonds. The van der Waals surface area contributed by atoms with Crippen LogP contribution in [-0.4, -0.2) is 22.1 Å². The van der Waals surface area contributed by atoms with E-state index in [1.165, 1.54) is 24.5 Å². The second kappa shape index (κ2) is 5.98. The fourth-order valence-electron chi connectivity index (χ4n) is 1.43. The van der Waals surface area contributed by atoms with E-state index < -0.39 is 11.9 Å². The Balaban J connectivity index is 1.94. The maximum Gasteiger partial charge on any atom is 0.335 e. The minimum Gasteiger partial charge on any atom is -0.478 e. The third kappa shape index (κ3) is 3.42. The number of carboxylic acids is 1. The molecular formula is C13H10N2O4S. The molecule has 0 unspecified atom stereocenters. The van der Waals surface area contributed by atoms with E-state index in [2.05, 4.69) is 10.6 Å². The highest BCUT2D eigenvalue weighted by molar-refractivity contribution is 7.80. The highest BCUT2D eigenvalue weighted by atomic mass is 32.1. The highest BCUT2D eigenvalue weighted by Gasteiger charge is 2.10. The molecule has 1 aromatic heterocycles. The summed E-state index contributed by atoms with van der Waals surface area (Å²) >= 11 is 4.97. The summed E-state index contributed by atoms with van der Waals surface area (Å²) in [4.78, 5) is 22.3. The van der Waals surface area contributed by atoms with E-state index in [9.17, 15) is 9.59 Å². The number of carboxylic acid groups (broad SMARTS) is 1. The summed E-state index contributed by atoms with van der Waals surface area (Å²) in [5.41, 5.74) is 0.737. The van der Waals surface area contributed by atoms with Gasteiger partial charge in [0.1, 0.15) is 0 Å². The van der Waals surface area contributed by atoms with Crippen molar-refractivity contribution in [3.05, 3.63) is 54.0 Å². The Morgan fingerprint density at radius 1 is 1.15 bits per heavy atom. The van der Waals surface area contributed by atoms with Gasteiger partial charge in [-0.25, -0.2) is 4.79 Å². The summed E-state index contributed by atoms with van der Waals surface area (Å²) in [6.45, 7) is 0. The van der Waals surface area contributed by atoms with E-state index in [0.717, 1.165) is 0 Å². The summed E-state index contributed by atoms with van der Waals surface area (Å²) in [5.74, 6) is -1.32. The first-order valence-electron chi connectivity index (χ1n) is 5.55. The van der Waals surface area contributed by atoms with Gasteiger partial charge in [-0.15, -0.1) is 0 Å². The maximum atomic E-state index is 11.6. The van der Waals surface area contributed by atoms with E-state index >= 15 is 0 Å². The summed E-state index contributed by atoms with van der Waals surface area (Å²) in [6.07, 6.45) is 1.38. The molecule has 0 spiro atoms. The Bertz CT molecular complexity index is 635. The van der Waals surface area contributed by atoms with Gasteiger partial charge in [0, 0.05) is 5.69 Å². The van der Waals surface area contributed by atoms with Crippen LogP contribution in [0.3, 0.4) is 0 Å². The van der Waals surface area contributed by atoms with Crippen molar-refractivity contribution >= 4 is 34.9 Å². The molecule has 2 rings (SSSR count). The standard InChI is InChI=1S/C13H10N2O4S/c16-11(10-2-1-7-19-10)15-13(20)14-9-5-3-8(4-6-9)12(17)18/h1-7H,(H,17,18)(H2,14,15,16,20). The van der Waals surface area contributed by atoms with Gasteiger partial charge in [0.05, 0.1) is 11.8 Å². The van der Waals surface area contributed by atoms with E-state index in [1.807, 2.05) is 0 Å². The normalized spacial score (nSPS) is 9.80. The summed E-state index contributed by atoms with van der Waals surface area (Å²) in [5, 5.41) is 14.1. The fourth-order valence-corrected chi connectivity index (χ4v) is 1.64. The molecule has 1 heterocycles. The van der Waals surface area contributed by atoms with Gasteiger partial charge in [0.15, 0.2) is 10.9 Å². The first-order valence-corrected chi connectivity index (χ1v) is 5.96. The molecule has 1 aromatic carbocycles. The first-order chi connectivity index (χ1) is 9.56. The van der Waals surface area contributed by atoms with Crippen LogP contribution in [0, 0.1) is 0 Å². The first kappa shape index (κ1) is 13.8. The number of benzene rings is 1. The Kier molecular flexibility index (Phi) is 4.11. The van der Waals surface area contributed by atoms with Gasteiger partial charge < -0.3 is 14.8 Å². The number of nitrogens with one attached hydrogen (secondary N) is 2. The van der Waals surface area contributed by atoms with Crippen LogP contribution in [0.4, 0.5) is 5.69 Å². The monoisotopic (exact) mass is 290 g/mol. The second-order valence-electron chi connectivity index (χ2n) is 3.77. The molecule has 0 saturated heterocycles. The molecule has 3 N–H and O–H groups in total. The molecule has 20 heavy (non-hydrogen) atoms. The Hall–Kier alpha value is -2.67. The van der Waals surface area contributed by atoms with E-state index in [4.69, 9.17) is 21.7 Å². The number of aromatic carboxylic acids is 1. The van der Waals surface area contributed by atoms with Crippen LogP contribution in [0.1, 0.15) is 20.9 Å². The van der Waals surface area contributed by atoms with E-state index in [-0.39, 0.29) is 16.4 Å². The zero-order valence-electron chi connectivity index (χ0n) is 10.1. The number of rotatable bonds is 3. The Labute approximate surface area is 119 Å². The number of carbonyl (C=O) groups excluding carboxylic acids is 1. The predicted molar refractivity (Wildman–Crippen MR) is 75.8 cm³/mol. The number of amides is 1. The summed E-state index contributed by atoms with van der Waals surface area (Å²) in [7, 11) is 0. The summed E-state index contributed by atoms with van der Waals surface area (Å²) < 4.78 is 4.92. The van der Waals surface area contributed by atoms with E-state index in [1.54, 1.807) is 18.2 Å². The van der Waals surface area contributed by atoms with Crippen LogP contribution in [0.25, 0.3) is 0 Å². The smallest absolute Gasteiger partial charge is 0.335 e. The lowest BCUT2D eigenvalue weighted by atomic mass is 10.2. The van der Waals surface area contributed by atoms with Crippen LogP contribution in [0.5, 0.6) is 0 Å². The molecule has 0 fully saturated rings. The number of anilines is 1. The van der Waals surface area contributed by atoms with Crippen molar-refractivity contribution < 1.29 is 19.1 Å². The average molecular weight is 290 g/mol. The quantitative estimate of drug-likeness (QED) is 0.750. The number of furan rings is 1. The van der Waals surface area contributed by atoms with Gasteiger partial charge in [-0.05, 0) is 48.6 Å². The zero-order chi connectivity index (χ0) is 14.5. The molecule has 0 atom stereocenters. The predicted octanol–water partition coefficient (Wildman–Crippen LogP) is 2.10. The molecule has 0 saturated carbocycles. The lowest BCUT2D eigenvalue weighted by molar-refractivity contribution is 0.0696. The Morgan fingerprint density at radius 3 is 2.40 bits per heavy atom. The van der Waals surface area contributed by atoms with Gasteiger partial charge in [-0.1, -0.05) is 0 Å². The molecule has 2 aromatic rings. The largest absolute Gasteiger partial charge is 0.478 e. The topological polar surface area (TPSA) is 91.6 Å². The molecule has 0 bridgehead atoms. The molecular weight excluding hydrogens is 280 g/mol. The van der Waals surface area contributed by atoms with Crippen LogP contribution < -0.4 is 10.6 Å². The SMILES string of the molecule is O=C(O)c1ccc(NC(=S)NC(=O)c2ccco2)cc1. The number of hydrogen-bond donors (Lipinski definition) is 3. The number of carbonyl (C=O) groups is 2. The third-order valence-corrected chi connectivity index (χ3v) is 2.57. The van der Waals surface area contributed by atoms with Crippen molar-refractivity contribution in [1.29, 1.82) is 0 Å². The van der Waals surface area contributed by atoms with Crippen molar-refractivity contribution in [3.8, 4) is 0 Å². The van der Waals surface area contributed by atoms with Crippen LogP contribution in [0.15, 0.2) is 47.1 Å². The average Bonchev–Trinajstić information content (AvgIpc) is 2.93. The molecule has 0 radical (unpaired) electrons.